The van der Waals surface area contributed by atoms with Crippen LogP contribution in [-0.2, 0) is 0 Å². The molecule has 4 nitrogen and oxygen atoms in total. The number of rotatable bonds is 1. The summed E-state index contributed by atoms with van der Waals surface area (Å²) in [6, 6.07) is 9.60. The first kappa shape index (κ1) is 9.51. The van der Waals surface area contributed by atoms with Crippen LogP contribution in [0.5, 0.6) is 0 Å². The van der Waals surface area contributed by atoms with E-state index >= 15 is 0 Å². The Kier molecular flexibility index (Phi) is 2.02. The molecule has 1 spiro atoms. The third kappa shape index (κ3) is 1.33. The minimum absolute atomic E-state index is 0.0751. The van der Waals surface area contributed by atoms with Gasteiger partial charge < -0.3 is 5.11 Å². The highest BCUT2D eigenvalue weighted by Gasteiger charge is 2.44. The lowest BCUT2D eigenvalue weighted by Gasteiger charge is -2.18. The molecule has 0 radical (unpaired) electrons. The van der Waals surface area contributed by atoms with Crippen LogP contribution in [0.25, 0.3) is 0 Å². The van der Waals surface area contributed by atoms with Gasteiger partial charge in [-0.1, -0.05) is 31.0 Å². The number of para-hydroxylation sites is 1. The van der Waals surface area contributed by atoms with Crippen LogP contribution in [0.2, 0.25) is 0 Å². The molecule has 0 atom stereocenters. The van der Waals surface area contributed by atoms with Gasteiger partial charge in [0, 0.05) is 22.3 Å². The van der Waals surface area contributed by atoms with Gasteiger partial charge in [0.25, 0.3) is 5.69 Å². The molecule has 1 fully saturated rings. The fraction of sp³-hybridized carbons (Fsp3) is 0.417. The molecule has 4 heteroatoms. The molecule has 0 unspecified atom stereocenters. The lowest BCUT2D eigenvalue weighted by atomic mass is 10.00. The largest absolute Gasteiger partial charge is 0.856 e. The van der Waals surface area contributed by atoms with Crippen molar-refractivity contribution in [2.24, 2.45) is 10.2 Å². The molecule has 0 bridgehead atoms. The van der Waals surface area contributed by atoms with E-state index in [0.717, 1.165) is 31.4 Å². The van der Waals surface area contributed by atoms with E-state index in [1.54, 1.807) is 0 Å². The second-order valence-corrected chi connectivity index (χ2v) is 4.37. The van der Waals surface area contributed by atoms with Crippen LogP contribution in [0.15, 0.2) is 40.5 Å². The molecule has 1 aromatic carbocycles. The Labute approximate surface area is 93.9 Å². The van der Waals surface area contributed by atoms with Gasteiger partial charge in [-0.05, 0) is 12.8 Å². The highest BCUT2D eigenvalue weighted by molar-refractivity contribution is 5.83. The monoisotopic (exact) mass is 215 g/mol. The molecule has 3 rings (SSSR count). The van der Waals surface area contributed by atoms with Crippen molar-refractivity contribution >= 4 is 11.6 Å². The topological polar surface area (TPSA) is 50.8 Å². The van der Waals surface area contributed by atoms with Crippen LogP contribution in [0, 0.1) is 0 Å². The molecule has 0 N–H and O–H groups in total. The van der Waals surface area contributed by atoms with Gasteiger partial charge in [-0.2, -0.15) is 0 Å². The van der Waals surface area contributed by atoms with Gasteiger partial charge in [-0.15, -0.1) is 0 Å². The number of nitrogens with zero attached hydrogens (tertiary/aromatic N) is 3. The van der Waals surface area contributed by atoms with E-state index in [9.17, 15) is 5.11 Å². The molecular weight excluding hydrogens is 202 g/mol. The fourth-order valence-corrected chi connectivity index (χ4v) is 2.38. The molecule has 16 heavy (non-hydrogen) atoms. The van der Waals surface area contributed by atoms with Gasteiger partial charge in [-0.25, -0.2) is 0 Å². The quantitative estimate of drug-likeness (QED) is 0.659. The maximum atomic E-state index is 11.9. The van der Waals surface area contributed by atoms with E-state index in [4.69, 9.17) is 0 Å². The van der Waals surface area contributed by atoms with Crippen molar-refractivity contribution in [3.63, 3.8) is 0 Å². The molecule has 1 saturated carbocycles. The van der Waals surface area contributed by atoms with E-state index < -0.39 is 5.54 Å². The van der Waals surface area contributed by atoms with Crippen molar-refractivity contribution in [2.75, 3.05) is 0 Å². The van der Waals surface area contributed by atoms with Gasteiger partial charge in [0.15, 0.2) is 5.54 Å². The van der Waals surface area contributed by atoms with Crippen LogP contribution in [-0.4, -0.2) is 16.2 Å². The SMILES string of the molecule is [O-]C1=N[N+](c2ccccc2)=NC12CCCC2. The predicted octanol–water partition coefficient (Wildman–Crippen LogP) is 1.78. The zero-order valence-electron chi connectivity index (χ0n) is 8.97. The average Bonchev–Trinajstić information content (AvgIpc) is 2.91. The Morgan fingerprint density at radius 1 is 1.12 bits per heavy atom. The number of hydrogen-bond donors (Lipinski definition) is 0. The minimum Gasteiger partial charge on any atom is -0.856 e. The van der Waals surface area contributed by atoms with E-state index in [0.29, 0.717) is 0 Å². The molecule has 0 saturated heterocycles. The fourth-order valence-electron chi connectivity index (χ4n) is 2.38. The van der Waals surface area contributed by atoms with Gasteiger partial charge in [-0.3, -0.25) is 0 Å². The maximum Gasteiger partial charge on any atom is 0.267 e. The van der Waals surface area contributed by atoms with Gasteiger partial charge in [0.2, 0.25) is 0 Å². The summed E-state index contributed by atoms with van der Waals surface area (Å²) in [6.45, 7) is 0. The van der Waals surface area contributed by atoms with Crippen molar-refractivity contribution in [1.29, 1.82) is 0 Å². The van der Waals surface area contributed by atoms with Gasteiger partial charge in [0.1, 0.15) is 0 Å². The van der Waals surface area contributed by atoms with Gasteiger partial charge >= 0.3 is 0 Å². The van der Waals surface area contributed by atoms with Crippen LogP contribution in [0.4, 0.5) is 5.69 Å². The predicted molar refractivity (Wildman–Crippen MR) is 57.4 cm³/mol. The first-order valence-electron chi connectivity index (χ1n) is 5.64. The van der Waals surface area contributed by atoms with Crippen LogP contribution < -0.4 is 5.11 Å². The molecule has 2 aliphatic rings. The van der Waals surface area contributed by atoms with E-state index in [1.165, 1.54) is 4.81 Å². The molecule has 82 valence electrons. The van der Waals surface area contributed by atoms with E-state index in [-0.39, 0.29) is 5.90 Å². The Morgan fingerprint density at radius 3 is 2.50 bits per heavy atom. The first-order valence-corrected chi connectivity index (χ1v) is 5.64. The zero-order valence-corrected chi connectivity index (χ0v) is 8.97. The van der Waals surface area contributed by atoms with Crippen molar-refractivity contribution in [3.8, 4) is 0 Å². The summed E-state index contributed by atoms with van der Waals surface area (Å²) >= 11 is 0. The zero-order chi connectivity index (χ0) is 11.0. The molecule has 0 aromatic heterocycles. The lowest BCUT2D eigenvalue weighted by molar-refractivity contribution is -0.517. The third-order valence-corrected chi connectivity index (χ3v) is 3.29. The van der Waals surface area contributed by atoms with Crippen molar-refractivity contribution in [1.82, 2.24) is 0 Å². The maximum absolute atomic E-state index is 11.9. The van der Waals surface area contributed by atoms with Crippen LogP contribution in [0.3, 0.4) is 0 Å². The van der Waals surface area contributed by atoms with Crippen molar-refractivity contribution < 1.29 is 9.91 Å². The standard InChI is InChI=1S/C12H13N3O/c16-11-12(8-4-5-9-12)14-15(13-11)10-6-2-1-3-7-10/h1-3,6-7H,4-5,8-9H2. The molecule has 1 aliphatic heterocycles. The normalized spacial score (nSPS) is 22.2. The Balaban J connectivity index is 2.00. The molecule has 1 aromatic rings. The average molecular weight is 215 g/mol. The lowest BCUT2D eigenvalue weighted by Crippen LogP contribution is -2.39. The van der Waals surface area contributed by atoms with E-state index in [2.05, 4.69) is 10.2 Å². The summed E-state index contributed by atoms with van der Waals surface area (Å²) in [7, 11) is 0. The summed E-state index contributed by atoms with van der Waals surface area (Å²) in [5.41, 5.74) is 0.329. The Hall–Kier alpha value is -1.71. The summed E-state index contributed by atoms with van der Waals surface area (Å²) in [6.07, 6.45) is 3.85. The smallest absolute Gasteiger partial charge is 0.267 e. The minimum atomic E-state index is -0.532. The summed E-state index contributed by atoms with van der Waals surface area (Å²) < 4.78 is 0. The Bertz CT molecular complexity index is 458. The second-order valence-electron chi connectivity index (χ2n) is 4.37. The Morgan fingerprint density at radius 2 is 1.81 bits per heavy atom. The van der Waals surface area contributed by atoms with Crippen LogP contribution in [0.1, 0.15) is 25.7 Å². The molecule has 1 heterocycles. The van der Waals surface area contributed by atoms with Crippen LogP contribution >= 0.6 is 0 Å². The molecule has 1 aliphatic carbocycles. The first-order chi connectivity index (χ1) is 7.80. The van der Waals surface area contributed by atoms with Crippen molar-refractivity contribution in [3.05, 3.63) is 30.3 Å². The number of benzene rings is 1. The molecule has 0 amide bonds. The highest BCUT2D eigenvalue weighted by atomic mass is 16.3. The summed E-state index contributed by atoms with van der Waals surface area (Å²) in [5.74, 6) is -0.0751. The van der Waals surface area contributed by atoms with Crippen molar-refractivity contribution in [2.45, 2.75) is 31.2 Å². The highest BCUT2D eigenvalue weighted by Crippen LogP contribution is 2.37. The van der Waals surface area contributed by atoms with Gasteiger partial charge in [0.05, 0.1) is 10.7 Å². The number of hydrogen-bond acceptors (Lipinski definition) is 3. The number of azo groups is 1. The second kappa shape index (κ2) is 3.40. The van der Waals surface area contributed by atoms with E-state index in [1.807, 2.05) is 30.3 Å². The summed E-state index contributed by atoms with van der Waals surface area (Å²) in [5, 5.41) is 20.4. The number of hydrazone groups is 1. The third-order valence-electron chi connectivity index (χ3n) is 3.29. The molecular formula is C12H13N3O. The summed E-state index contributed by atoms with van der Waals surface area (Å²) in [4.78, 5) is 1.49.